The SMILES string of the molecule is CCOc1ccc([C@H]2Nn3c(C)nnc3S[C@@H]2C(=O)Nc2ccccc2C(F)(F)F)cc1. The van der Waals surface area contributed by atoms with Crippen LogP contribution < -0.4 is 15.5 Å². The fourth-order valence-electron chi connectivity index (χ4n) is 3.39. The Morgan fingerprint density at radius 1 is 1.19 bits per heavy atom. The molecule has 4 rings (SSSR count). The van der Waals surface area contributed by atoms with Crippen molar-refractivity contribution in [2.75, 3.05) is 17.3 Å². The summed E-state index contributed by atoms with van der Waals surface area (Å²) in [4.78, 5) is 13.2. The Bertz CT molecular complexity index is 1120. The first-order chi connectivity index (χ1) is 15.3. The normalized spacial score (nSPS) is 17.9. The molecule has 1 aromatic heterocycles. The number of aryl methyl sites for hydroxylation is 1. The molecule has 11 heteroatoms. The minimum atomic E-state index is -4.59. The molecule has 7 nitrogen and oxygen atoms in total. The van der Waals surface area contributed by atoms with E-state index >= 15 is 0 Å². The second-order valence-corrected chi connectivity index (χ2v) is 8.15. The quantitative estimate of drug-likeness (QED) is 0.584. The number of rotatable bonds is 5. The minimum absolute atomic E-state index is 0.292. The lowest BCUT2D eigenvalue weighted by molar-refractivity contribution is -0.137. The molecule has 1 amide bonds. The Balaban J connectivity index is 1.66. The predicted octanol–water partition coefficient (Wildman–Crippen LogP) is 4.40. The van der Waals surface area contributed by atoms with Gasteiger partial charge >= 0.3 is 6.18 Å². The monoisotopic (exact) mass is 463 g/mol. The molecule has 1 aliphatic heterocycles. The summed E-state index contributed by atoms with van der Waals surface area (Å²) in [5, 5.41) is 10.2. The summed E-state index contributed by atoms with van der Waals surface area (Å²) < 4.78 is 47.3. The van der Waals surface area contributed by atoms with E-state index in [0.717, 1.165) is 23.4 Å². The van der Waals surface area contributed by atoms with Gasteiger partial charge in [-0.15, -0.1) is 10.2 Å². The Hall–Kier alpha value is -3.21. The maximum atomic E-state index is 13.4. The van der Waals surface area contributed by atoms with E-state index in [0.29, 0.717) is 23.3 Å². The van der Waals surface area contributed by atoms with Crippen LogP contribution in [0.25, 0.3) is 0 Å². The molecule has 2 aromatic carbocycles. The summed E-state index contributed by atoms with van der Waals surface area (Å²) in [5.74, 6) is 0.704. The average Bonchev–Trinajstić information content (AvgIpc) is 3.13. The van der Waals surface area contributed by atoms with Crippen molar-refractivity contribution in [3.05, 3.63) is 65.5 Å². The van der Waals surface area contributed by atoms with Crippen molar-refractivity contribution in [3.63, 3.8) is 0 Å². The standard InChI is InChI=1S/C21H20F3N5O2S/c1-3-31-14-10-8-13(9-11-14)17-18(32-20-27-26-12(2)29(20)28-17)19(30)25-16-7-5-4-6-15(16)21(22,23)24/h4-11,17-18,28H,3H2,1-2H3,(H,25,30)/t17-,18+/m1/s1. The van der Waals surface area contributed by atoms with Crippen LogP contribution in [0.15, 0.2) is 53.7 Å². The van der Waals surface area contributed by atoms with Crippen molar-refractivity contribution >= 4 is 23.4 Å². The average molecular weight is 463 g/mol. The summed E-state index contributed by atoms with van der Waals surface area (Å²) >= 11 is 1.14. The summed E-state index contributed by atoms with van der Waals surface area (Å²) in [6.45, 7) is 4.16. The first-order valence-corrected chi connectivity index (χ1v) is 10.7. The van der Waals surface area contributed by atoms with Gasteiger partial charge in [0.1, 0.15) is 16.8 Å². The molecule has 2 atom stereocenters. The molecule has 1 aliphatic rings. The fourth-order valence-corrected chi connectivity index (χ4v) is 4.52. The third kappa shape index (κ3) is 4.38. The van der Waals surface area contributed by atoms with Crippen molar-refractivity contribution in [2.45, 2.75) is 36.5 Å². The first kappa shape index (κ1) is 22.0. The van der Waals surface area contributed by atoms with E-state index in [9.17, 15) is 18.0 Å². The van der Waals surface area contributed by atoms with Gasteiger partial charge in [0, 0.05) is 0 Å². The van der Waals surface area contributed by atoms with Crippen LogP contribution in [0.1, 0.15) is 29.9 Å². The Morgan fingerprint density at radius 3 is 2.59 bits per heavy atom. The van der Waals surface area contributed by atoms with E-state index in [1.54, 1.807) is 23.7 Å². The lowest BCUT2D eigenvalue weighted by Crippen LogP contribution is -2.41. The molecule has 2 heterocycles. The number of fused-ring (bicyclic) bond motifs is 1. The number of nitrogens with one attached hydrogen (secondary N) is 2. The Labute approximate surface area is 186 Å². The summed E-state index contributed by atoms with van der Waals surface area (Å²) in [5.41, 5.74) is 2.79. The van der Waals surface area contributed by atoms with E-state index in [4.69, 9.17) is 4.74 Å². The number of thioether (sulfide) groups is 1. The van der Waals surface area contributed by atoms with Gasteiger partial charge in [-0.3, -0.25) is 4.79 Å². The molecule has 3 aromatic rings. The number of carbonyl (C=O) groups excluding carboxylic acids is 1. The van der Waals surface area contributed by atoms with Crippen LogP contribution in [-0.4, -0.2) is 32.6 Å². The number of anilines is 1. The number of hydrogen-bond acceptors (Lipinski definition) is 6. The maximum Gasteiger partial charge on any atom is 0.418 e. The number of halogens is 3. The number of amides is 1. The van der Waals surface area contributed by atoms with Crippen molar-refractivity contribution in [3.8, 4) is 5.75 Å². The molecule has 0 bridgehead atoms. The molecule has 0 saturated carbocycles. The van der Waals surface area contributed by atoms with Gasteiger partial charge in [-0.2, -0.15) is 13.2 Å². The van der Waals surface area contributed by atoms with E-state index in [1.807, 2.05) is 19.1 Å². The number of hydrogen-bond donors (Lipinski definition) is 2. The zero-order chi connectivity index (χ0) is 22.9. The van der Waals surface area contributed by atoms with Gasteiger partial charge in [-0.1, -0.05) is 36.0 Å². The summed E-state index contributed by atoms with van der Waals surface area (Å²) in [6, 6.07) is 11.6. The Kier molecular flexibility index (Phi) is 6.00. The zero-order valence-electron chi connectivity index (χ0n) is 17.2. The molecular weight excluding hydrogens is 443 g/mol. The van der Waals surface area contributed by atoms with Gasteiger partial charge in [0.05, 0.1) is 23.9 Å². The van der Waals surface area contributed by atoms with Crippen molar-refractivity contribution in [1.29, 1.82) is 0 Å². The van der Waals surface area contributed by atoms with Crippen LogP contribution in [-0.2, 0) is 11.0 Å². The van der Waals surface area contributed by atoms with E-state index in [-0.39, 0.29) is 5.69 Å². The lowest BCUT2D eigenvalue weighted by atomic mass is 10.0. The Morgan fingerprint density at radius 2 is 1.91 bits per heavy atom. The van der Waals surface area contributed by atoms with Gasteiger partial charge in [0.25, 0.3) is 0 Å². The second-order valence-electron chi connectivity index (χ2n) is 7.05. The topological polar surface area (TPSA) is 81.1 Å². The van der Waals surface area contributed by atoms with Gasteiger partial charge in [-0.05, 0) is 43.7 Å². The molecule has 0 aliphatic carbocycles. The van der Waals surface area contributed by atoms with Gasteiger partial charge in [0.2, 0.25) is 11.1 Å². The number of alkyl halides is 3. The molecule has 0 spiro atoms. The van der Waals surface area contributed by atoms with Crippen LogP contribution in [0.2, 0.25) is 0 Å². The largest absolute Gasteiger partial charge is 0.494 e. The summed E-state index contributed by atoms with van der Waals surface area (Å²) in [7, 11) is 0. The van der Waals surface area contributed by atoms with Crippen molar-refractivity contribution in [2.24, 2.45) is 0 Å². The van der Waals surface area contributed by atoms with Crippen molar-refractivity contribution in [1.82, 2.24) is 14.9 Å². The van der Waals surface area contributed by atoms with Crippen LogP contribution in [0.5, 0.6) is 5.75 Å². The molecular formula is C21H20F3N5O2S. The minimum Gasteiger partial charge on any atom is -0.494 e. The fraction of sp³-hybridized carbons (Fsp3) is 0.286. The highest BCUT2D eigenvalue weighted by molar-refractivity contribution is 8.00. The molecule has 0 unspecified atom stereocenters. The third-order valence-electron chi connectivity index (χ3n) is 4.90. The van der Waals surface area contributed by atoms with Gasteiger partial charge < -0.3 is 15.5 Å². The molecule has 0 radical (unpaired) electrons. The number of benzene rings is 2. The predicted molar refractivity (Wildman–Crippen MR) is 114 cm³/mol. The van der Waals surface area contributed by atoms with Crippen molar-refractivity contribution < 1.29 is 22.7 Å². The van der Waals surface area contributed by atoms with E-state index in [2.05, 4.69) is 20.9 Å². The highest BCUT2D eigenvalue weighted by Gasteiger charge is 2.39. The number of ether oxygens (including phenoxy) is 1. The van der Waals surface area contributed by atoms with Crippen LogP contribution in [0.3, 0.4) is 0 Å². The molecule has 168 valence electrons. The van der Waals surface area contributed by atoms with Gasteiger partial charge in [-0.25, -0.2) is 4.68 Å². The molecule has 2 N–H and O–H groups in total. The zero-order valence-corrected chi connectivity index (χ0v) is 18.0. The number of para-hydroxylation sites is 1. The maximum absolute atomic E-state index is 13.4. The number of aromatic nitrogens is 3. The van der Waals surface area contributed by atoms with E-state index < -0.39 is 28.9 Å². The third-order valence-corrected chi connectivity index (χ3v) is 6.11. The molecule has 0 fully saturated rings. The molecule has 0 saturated heterocycles. The smallest absolute Gasteiger partial charge is 0.418 e. The second kappa shape index (κ2) is 8.73. The first-order valence-electron chi connectivity index (χ1n) is 9.83. The number of nitrogens with zero attached hydrogens (tertiary/aromatic N) is 3. The van der Waals surface area contributed by atoms with Gasteiger partial charge in [0.15, 0.2) is 0 Å². The lowest BCUT2D eigenvalue weighted by Gasteiger charge is -2.33. The van der Waals surface area contributed by atoms with Crippen LogP contribution in [0, 0.1) is 6.92 Å². The molecule has 32 heavy (non-hydrogen) atoms. The van der Waals surface area contributed by atoms with E-state index in [1.165, 1.54) is 18.2 Å². The van der Waals surface area contributed by atoms with Crippen LogP contribution in [0.4, 0.5) is 18.9 Å². The highest BCUT2D eigenvalue weighted by Crippen LogP contribution is 2.39. The highest BCUT2D eigenvalue weighted by atomic mass is 32.2. The van der Waals surface area contributed by atoms with Crippen LogP contribution >= 0.6 is 11.8 Å². The number of carbonyl (C=O) groups is 1. The summed E-state index contributed by atoms with van der Waals surface area (Å²) in [6.07, 6.45) is -4.59.